The van der Waals surface area contributed by atoms with Crippen molar-refractivity contribution < 1.29 is 9.53 Å². The standard InChI is InChI=1S/C17H23NO2/c1-17(20-16(19)18-12-5-2-6-13-18)11-7-9-14-8-3-4-10-15(14)17/h3-4,8,10H,2,5-7,9,11-13H2,1H3. The van der Waals surface area contributed by atoms with Gasteiger partial charge in [0.15, 0.2) is 0 Å². The third-order valence-electron chi connectivity index (χ3n) is 4.61. The number of carbonyl (C=O) groups excluding carboxylic acids is 1. The Balaban J connectivity index is 1.77. The first kappa shape index (κ1) is 13.5. The number of likely N-dealkylation sites (tertiary alicyclic amines) is 1. The van der Waals surface area contributed by atoms with Crippen molar-refractivity contribution in [1.82, 2.24) is 4.90 Å². The highest BCUT2D eigenvalue weighted by atomic mass is 16.6. The largest absolute Gasteiger partial charge is 0.438 e. The Kier molecular flexibility index (Phi) is 3.68. The summed E-state index contributed by atoms with van der Waals surface area (Å²) in [7, 11) is 0. The third-order valence-corrected chi connectivity index (χ3v) is 4.61. The number of rotatable bonds is 1. The molecule has 1 unspecified atom stereocenters. The highest BCUT2D eigenvalue weighted by Crippen LogP contribution is 2.38. The quantitative estimate of drug-likeness (QED) is 0.777. The van der Waals surface area contributed by atoms with E-state index in [1.807, 2.05) is 11.0 Å². The van der Waals surface area contributed by atoms with Crippen LogP contribution in [0.25, 0.3) is 0 Å². The molecule has 0 N–H and O–H groups in total. The van der Waals surface area contributed by atoms with Gasteiger partial charge in [0.25, 0.3) is 0 Å². The van der Waals surface area contributed by atoms with Crippen LogP contribution in [0.15, 0.2) is 24.3 Å². The van der Waals surface area contributed by atoms with E-state index in [0.29, 0.717) is 0 Å². The van der Waals surface area contributed by atoms with Gasteiger partial charge in [-0.05, 0) is 56.6 Å². The summed E-state index contributed by atoms with van der Waals surface area (Å²) in [5, 5.41) is 0. The molecule has 1 heterocycles. The maximum Gasteiger partial charge on any atom is 0.410 e. The van der Waals surface area contributed by atoms with Crippen molar-refractivity contribution in [2.75, 3.05) is 13.1 Å². The molecule has 1 amide bonds. The smallest absolute Gasteiger partial charge is 0.410 e. The molecule has 0 bridgehead atoms. The molecule has 0 spiro atoms. The topological polar surface area (TPSA) is 29.5 Å². The van der Waals surface area contributed by atoms with Crippen molar-refractivity contribution >= 4 is 6.09 Å². The molecule has 0 saturated carbocycles. The predicted octanol–water partition coefficient (Wildman–Crippen LogP) is 3.86. The molecule has 1 atom stereocenters. The zero-order chi connectivity index (χ0) is 14.0. The van der Waals surface area contributed by atoms with Crippen LogP contribution < -0.4 is 0 Å². The Bertz CT molecular complexity index is 494. The predicted molar refractivity (Wildman–Crippen MR) is 78.6 cm³/mol. The number of carbonyl (C=O) groups is 1. The van der Waals surface area contributed by atoms with Crippen LogP contribution in [0.1, 0.15) is 50.2 Å². The van der Waals surface area contributed by atoms with Gasteiger partial charge < -0.3 is 9.64 Å². The van der Waals surface area contributed by atoms with Gasteiger partial charge >= 0.3 is 6.09 Å². The van der Waals surface area contributed by atoms with Crippen LogP contribution in [0.4, 0.5) is 4.79 Å². The van der Waals surface area contributed by atoms with Crippen LogP contribution in [0.3, 0.4) is 0 Å². The molecule has 3 rings (SSSR count). The summed E-state index contributed by atoms with van der Waals surface area (Å²) in [6.45, 7) is 3.75. The number of piperidine rings is 1. The van der Waals surface area contributed by atoms with Gasteiger partial charge in [0, 0.05) is 13.1 Å². The molecule has 0 aromatic heterocycles. The number of hydrogen-bond acceptors (Lipinski definition) is 2. The van der Waals surface area contributed by atoms with Crippen LogP contribution >= 0.6 is 0 Å². The van der Waals surface area contributed by atoms with E-state index < -0.39 is 5.60 Å². The Hall–Kier alpha value is -1.51. The van der Waals surface area contributed by atoms with Crippen LogP contribution in [-0.4, -0.2) is 24.1 Å². The summed E-state index contributed by atoms with van der Waals surface area (Å²) < 4.78 is 5.93. The molecule has 108 valence electrons. The SMILES string of the molecule is CC1(OC(=O)N2CCCCC2)CCCc2ccccc21. The minimum atomic E-state index is -0.455. The highest BCUT2D eigenvalue weighted by molar-refractivity contribution is 5.68. The Morgan fingerprint density at radius 2 is 1.90 bits per heavy atom. The van der Waals surface area contributed by atoms with Gasteiger partial charge in [-0.15, -0.1) is 0 Å². The second-order valence-electron chi connectivity index (χ2n) is 6.16. The van der Waals surface area contributed by atoms with Gasteiger partial charge in [-0.1, -0.05) is 24.3 Å². The Labute approximate surface area is 120 Å². The molecule has 1 aliphatic carbocycles. The van der Waals surface area contributed by atoms with Crippen molar-refractivity contribution in [1.29, 1.82) is 0 Å². The van der Waals surface area contributed by atoms with Crippen LogP contribution in [0, 0.1) is 0 Å². The summed E-state index contributed by atoms with van der Waals surface area (Å²) in [4.78, 5) is 14.3. The van der Waals surface area contributed by atoms with E-state index in [2.05, 4.69) is 25.1 Å². The monoisotopic (exact) mass is 273 g/mol. The number of ether oxygens (including phenoxy) is 1. The molecule has 2 aliphatic rings. The molecule has 3 heteroatoms. The number of benzene rings is 1. The molecular weight excluding hydrogens is 250 g/mol. The van der Waals surface area contributed by atoms with Gasteiger partial charge in [-0.25, -0.2) is 4.79 Å². The van der Waals surface area contributed by atoms with Crippen LogP contribution in [0.2, 0.25) is 0 Å². The molecule has 1 saturated heterocycles. The first-order valence-corrected chi connectivity index (χ1v) is 7.75. The summed E-state index contributed by atoms with van der Waals surface area (Å²) in [6, 6.07) is 8.37. The second kappa shape index (κ2) is 5.47. The molecule has 1 fully saturated rings. The first-order chi connectivity index (χ1) is 9.69. The lowest BCUT2D eigenvalue weighted by atomic mass is 9.80. The summed E-state index contributed by atoms with van der Waals surface area (Å²) in [6.07, 6.45) is 6.38. The van der Waals surface area contributed by atoms with E-state index in [-0.39, 0.29) is 6.09 Å². The molecular formula is C17H23NO2. The maximum absolute atomic E-state index is 12.4. The summed E-state index contributed by atoms with van der Waals surface area (Å²) in [5.41, 5.74) is 2.06. The van der Waals surface area contributed by atoms with E-state index in [1.165, 1.54) is 17.5 Å². The number of fused-ring (bicyclic) bond motifs is 1. The first-order valence-electron chi connectivity index (χ1n) is 7.75. The number of nitrogens with zero attached hydrogens (tertiary/aromatic N) is 1. The fraction of sp³-hybridized carbons (Fsp3) is 0.588. The van der Waals surface area contributed by atoms with Gasteiger partial charge in [0.05, 0.1) is 0 Å². The van der Waals surface area contributed by atoms with E-state index in [9.17, 15) is 4.79 Å². The summed E-state index contributed by atoms with van der Waals surface area (Å²) in [5.74, 6) is 0. The van der Waals surface area contributed by atoms with E-state index in [4.69, 9.17) is 4.74 Å². The van der Waals surface area contributed by atoms with Gasteiger partial charge in [0.1, 0.15) is 5.60 Å². The van der Waals surface area contributed by atoms with Gasteiger partial charge in [0.2, 0.25) is 0 Å². The fourth-order valence-corrected chi connectivity index (χ4v) is 3.44. The van der Waals surface area contributed by atoms with E-state index in [1.54, 1.807) is 0 Å². The van der Waals surface area contributed by atoms with E-state index >= 15 is 0 Å². The molecule has 1 aliphatic heterocycles. The van der Waals surface area contributed by atoms with Crippen molar-refractivity contribution in [3.63, 3.8) is 0 Å². The summed E-state index contributed by atoms with van der Waals surface area (Å²) >= 11 is 0. The van der Waals surface area contributed by atoms with E-state index in [0.717, 1.165) is 45.2 Å². The molecule has 20 heavy (non-hydrogen) atoms. The zero-order valence-corrected chi connectivity index (χ0v) is 12.2. The van der Waals surface area contributed by atoms with Crippen molar-refractivity contribution in [3.8, 4) is 0 Å². The molecule has 3 nitrogen and oxygen atoms in total. The lowest BCUT2D eigenvalue weighted by Crippen LogP contribution is -2.42. The van der Waals surface area contributed by atoms with Crippen molar-refractivity contribution in [2.24, 2.45) is 0 Å². The zero-order valence-electron chi connectivity index (χ0n) is 12.2. The Morgan fingerprint density at radius 1 is 1.15 bits per heavy atom. The molecule has 0 radical (unpaired) electrons. The average molecular weight is 273 g/mol. The maximum atomic E-state index is 12.4. The highest BCUT2D eigenvalue weighted by Gasteiger charge is 2.36. The lowest BCUT2D eigenvalue weighted by molar-refractivity contribution is -0.0147. The van der Waals surface area contributed by atoms with Gasteiger partial charge in [-0.2, -0.15) is 0 Å². The minimum absolute atomic E-state index is 0.135. The normalized spacial score (nSPS) is 25.9. The second-order valence-corrected chi connectivity index (χ2v) is 6.16. The van der Waals surface area contributed by atoms with Gasteiger partial charge in [-0.3, -0.25) is 0 Å². The van der Waals surface area contributed by atoms with Crippen molar-refractivity contribution in [3.05, 3.63) is 35.4 Å². The average Bonchev–Trinajstić information content (AvgIpc) is 2.48. The molecule has 1 aromatic carbocycles. The van der Waals surface area contributed by atoms with Crippen molar-refractivity contribution in [2.45, 2.75) is 51.0 Å². The van der Waals surface area contributed by atoms with Crippen LogP contribution in [0.5, 0.6) is 0 Å². The minimum Gasteiger partial charge on any atom is -0.438 e. The number of hydrogen-bond donors (Lipinski definition) is 0. The van der Waals surface area contributed by atoms with Crippen LogP contribution in [-0.2, 0) is 16.8 Å². The lowest BCUT2D eigenvalue weighted by Gasteiger charge is -2.37. The molecule has 1 aromatic rings. The number of aryl methyl sites for hydroxylation is 1. The fourth-order valence-electron chi connectivity index (χ4n) is 3.44. The Morgan fingerprint density at radius 3 is 2.70 bits per heavy atom. The number of amides is 1. The third kappa shape index (κ3) is 2.54.